The normalized spacial score (nSPS) is 13.0. The van der Waals surface area contributed by atoms with Gasteiger partial charge in [0.25, 0.3) is 0 Å². The smallest absolute Gasteiger partial charge is 0.410 e. The molecule has 1 aliphatic carbocycles. The van der Waals surface area contributed by atoms with E-state index in [2.05, 4.69) is 12.1 Å². The third-order valence-electron chi connectivity index (χ3n) is 5.74. The summed E-state index contributed by atoms with van der Waals surface area (Å²) >= 11 is 0. The molecule has 0 spiro atoms. The maximum atomic E-state index is 12.9. The Morgan fingerprint density at radius 3 is 2.06 bits per heavy atom. The predicted molar refractivity (Wildman–Crippen MR) is 121 cm³/mol. The van der Waals surface area contributed by atoms with Crippen LogP contribution in [-0.4, -0.2) is 47.9 Å². The number of benzene rings is 3. The third-order valence-corrected chi connectivity index (χ3v) is 5.74. The van der Waals surface area contributed by atoms with Crippen molar-refractivity contribution < 1.29 is 24.2 Å². The van der Waals surface area contributed by atoms with E-state index in [-0.39, 0.29) is 25.7 Å². The number of ether oxygens (including phenoxy) is 2. The van der Waals surface area contributed by atoms with Crippen LogP contribution in [-0.2, 0) is 9.53 Å². The van der Waals surface area contributed by atoms with Crippen LogP contribution in [0.25, 0.3) is 11.1 Å². The van der Waals surface area contributed by atoms with Gasteiger partial charge in [-0.05, 0) is 41.3 Å². The van der Waals surface area contributed by atoms with Gasteiger partial charge in [-0.1, -0.05) is 66.7 Å². The highest BCUT2D eigenvalue weighted by atomic mass is 16.6. The Hall–Kier alpha value is -3.80. The number of carboxylic acid groups (broad SMARTS) is 1. The van der Waals surface area contributed by atoms with E-state index in [1.807, 2.05) is 54.6 Å². The molecule has 0 fully saturated rings. The molecule has 4 rings (SSSR count). The van der Waals surface area contributed by atoms with Gasteiger partial charge in [0.05, 0.1) is 6.54 Å². The molecule has 0 heterocycles. The van der Waals surface area contributed by atoms with Crippen LogP contribution < -0.4 is 4.74 Å². The predicted octanol–water partition coefficient (Wildman–Crippen LogP) is 4.79. The van der Waals surface area contributed by atoms with E-state index in [0.29, 0.717) is 5.75 Å². The quantitative estimate of drug-likeness (QED) is 0.555. The molecule has 1 atom stereocenters. The topological polar surface area (TPSA) is 76.1 Å². The second kappa shape index (κ2) is 9.56. The lowest BCUT2D eigenvalue weighted by Crippen LogP contribution is -2.45. The number of fused-ring (bicyclic) bond motifs is 3. The molecule has 0 radical (unpaired) electrons. The summed E-state index contributed by atoms with van der Waals surface area (Å²) < 4.78 is 11.3. The average Bonchev–Trinajstić information content (AvgIpc) is 3.14. The summed E-state index contributed by atoms with van der Waals surface area (Å²) in [6, 6.07) is 24.3. The van der Waals surface area contributed by atoms with Crippen molar-refractivity contribution in [3.63, 3.8) is 0 Å². The molecular formula is C26H25NO5. The van der Waals surface area contributed by atoms with Crippen LogP contribution in [0.15, 0.2) is 78.9 Å². The minimum absolute atomic E-state index is 0.0890. The molecule has 0 aromatic heterocycles. The number of rotatable bonds is 8. The number of para-hydroxylation sites is 1. The van der Waals surface area contributed by atoms with Gasteiger partial charge in [-0.3, -0.25) is 4.90 Å². The SMILES string of the molecule is CC(C(=O)O)N(CCOc1ccccc1)C(=O)OCC1c2ccccc2-c2ccccc21. The first-order chi connectivity index (χ1) is 15.6. The summed E-state index contributed by atoms with van der Waals surface area (Å²) in [5.41, 5.74) is 4.48. The minimum Gasteiger partial charge on any atom is -0.492 e. The van der Waals surface area contributed by atoms with Crippen LogP contribution >= 0.6 is 0 Å². The number of carbonyl (C=O) groups excluding carboxylic acids is 1. The van der Waals surface area contributed by atoms with E-state index >= 15 is 0 Å². The van der Waals surface area contributed by atoms with Crippen LogP contribution in [0.2, 0.25) is 0 Å². The molecule has 6 heteroatoms. The van der Waals surface area contributed by atoms with Crippen LogP contribution in [0.1, 0.15) is 24.0 Å². The fraction of sp³-hybridized carbons (Fsp3) is 0.231. The highest BCUT2D eigenvalue weighted by molar-refractivity contribution is 5.81. The summed E-state index contributed by atoms with van der Waals surface area (Å²) in [5, 5.41) is 9.47. The number of hydrogen-bond donors (Lipinski definition) is 1. The lowest BCUT2D eigenvalue weighted by Gasteiger charge is -2.26. The van der Waals surface area contributed by atoms with Crippen molar-refractivity contribution in [2.45, 2.75) is 18.9 Å². The molecule has 0 saturated carbocycles. The van der Waals surface area contributed by atoms with Crippen molar-refractivity contribution in [1.82, 2.24) is 4.90 Å². The first-order valence-corrected chi connectivity index (χ1v) is 10.6. The molecule has 6 nitrogen and oxygen atoms in total. The lowest BCUT2D eigenvalue weighted by molar-refractivity contribution is -0.142. The van der Waals surface area contributed by atoms with Gasteiger partial charge in [-0.25, -0.2) is 9.59 Å². The van der Waals surface area contributed by atoms with Gasteiger partial charge in [0, 0.05) is 5.92 Å². The lowest BCUT2D eigenvalue weighted by atomic mass is 9.98. The molecule has 164 valence electrons. The van der Waals surface area contributed by atoms with Crippen LogP contribution in [0.4, 0.5) is 4.79 Å². The monoisotopic (exact) mass is 431 g/mol. The molecular weight excluding hydrogens is 406 g/mol. The number of nitrogens with zero attached hydrogens (tertiary/aromatic N) is 1. The Balaban J connectivity index is 1.44. The molecule has 3 aromatic carbocycles. The molecule has 32 heavy (non-hydrogen) atoms. The van der Waals surface area contributed by atoms with Crippen molar-refractivity contribution in [2.24, 2.45) is 0 Å². The fourth-order valence-electron chi connectivity index (χ4n) is 4.03. The zero-order chi connectivity index (χ0) is 22.5. The van der Waals surface area contributed by atoms with Crippen molar-refractivity contribution in [3.8, 4) is 16.9 Å². The molecule has 0 bridgehead atoms. The molecule has 1 N–H and O–H groups in total. The van der Waals surface area contributed by atoms with E-state index in [0.717, 1.165) is 22.3 Å². The average molecular weight is 431 g/mol. The Kier molecular flexibility index (Phi) is 6.40. The summed E-state index contributed by atoms with van der Waals surface area (Å²) in [6.07, 6.45) is -0.668. The Morgan fingerprint density at radius 1 is 0.906 bits per heavy atom. The number of amides is 1. The zero-order valence-electron chi connectivity index (χ0n) is 17.8. The maximum absolute atomic E-state index is 12.9. The number of hydrogen-bond acceptors (Lipinski definition) is 4. The van der Waals surface area contributed by atoms with Crippen molar-refractivity contribution >= 4 is 12.1 Å². The van der Waals surface area contributed by atoms with Gasteiger partial charge in [-0.2, -0.15) is 0 Å². The van der Waals surface area contributed by atoms with Gasteiger partial charge in [0.1, 0.15) is 25.0 Å². The zero-order valence-corrected chi connectivity index (χ0v) is 17.8. The number of carboxylic acids is 1. The molecule has 1 aliphatic rings. The van der Waals surface area contributed by atoms with E-state index in [1.54, 1.807) is 12.1 Å². The van der Waals surface area contributed by atoms with Crippen molar-refractivity contribution in [1.29, 1.82) is 0 Å². The highest BCUT2D eigenvalue weighted by Crippen LogP contribution is 2.44. The molecule has 3 aromatic rings. The van der Waals surface area contributed by atoms with E-state index in [1.165, 1.54) is 11.8 Å². The largest absolute Gasteiger partial charge is 0.492 e. The Bertz CT molecular complexity index is 1050. The van der Waals surface area contributed by atoms with Crippen LogP contribution in [0.5, 0.6) is 5.75 Å². The van der Waals surface area contributed by atoms with E-state index in [9.17, 15) is 14.7 Å². The second-order valence-electron chi connectivity index (χ2n) is 7.67. The second-order valence-corrected chi connectivity index (χ2v) is 7.67. The summed E-state index contributed by atoms with van der Waals surface area (Å²) in [6.45, 7) is 1.85. The summed E-state index contributed by atoms with van der Waals surface area (Å²) in [4.78, 5) is 25.7. The van der Waals surface area contributed by atoms with Crippen molar-refractivity contribution in [2.75, 3.05) is 19.8 Å². The highest BCUT2D eigenvalue weighted by Gasteiger charge is 2.31. The standard InChI is InChI=1S/C26H25NO5/c1-18(25(28)29)27(15-16-31-19-9-3-2-4-10-19)26(30)32-17-24-22-13-7-5-11-20(22)21-12-6-8-14-23(21)24/h2-14,18,24H,15-17H2,1H3,(H,28,29). The first-order valence-electron chi connectivity index (χ1n) is 10.6. The molecule has 0 aliphatic heterocycles. The van der Waals surface area contributed by atoms with Crippen molar-refractivity contribution in [3.05, 3.63) is 90.0 Å². The number of carbonyl (C=O) groups is 2. The third kappa shape index (κ3) is 4.44. The minimum atomic E-state index is -1.10. The maximum Gasteiger partial charge on any atom is 0.410 e. The number of aliphatic carboxylic acids is 1. The van der Waals surface area contributed by atoms with E-state index < -0.39 is 18.1 Å². The van der Waals surface area contributed by atoms with Gasteiger partial charge in [0.15, 0.2) is 0 Å². The van der Waals surface area contributed by atoms with E-state index in [4.69, 9.17) is 9.47 Å². The fourth-order valence-corrected chi connectivity index (χ4v) is 4.03. The van der Waals surface area contributed by atoms with Gasteiger partial charge >= 0.3 is 12.1 Å². The van der Waals surface area contributed by atoms with Gasteiger partial charge < -0.3 is 14.6 Å². The molecule has 0 saturated heterocycles. The molecule has 1 amide bonds. The Morgan fingerprint density at radius 2 is 1.47 bits per heavy atom. The Labute approximate surface area is 187 Å². The van der Waals surface area contributed by atoms with Crippen LogP contribution in [0, 0.1) is 0 Å². The van der Waals surface area contributed by atoms with Gasteiger partial charge in [0.2, 0.25) is 0 Å². The van der Waals surface area contributed by atoms with Gasteiger partial charge in [-0.15, -0.1) is 0 Å². The first kappa shape index (κ1) is 21.4. The summed E-state index contributed by atoms with van der Waals surface area (Å²) in [5.74, 6) is -0.532. The molecule has 1 unspecified atom stereocenters. The summed E-state index contributed by atoms with van der Waals surface area (Å²) in [7, 11) is 0. The van der Waals surface area contributed by atoms with Crippen LogP contribution in [0.3, 0.4) is 0 Å².